The fraction of sp³-hybridized carbons (Fsp3) is 0.409. The Kier molecular flexibility index (Phi) is 4.28. The maximum atomic E-state index is 13.3. The van der Waals surface area contributed by atoms with Gasteiger partial charge in [0, 0.05) is 38.9 Å². The lowest BCUT2D eigenvalue weighted by Gasteiger charge is -2.27. The molecule has 1 spiro atoms. The lowest BCUT2D eigenvalue weighted by atomic mass is 9.76. The van der Waals surface area contributed by atoms with Gasteiger partial charge in [-0.05, 0) is 17.7 Å². The molecule has 0 aliphatic carbocycles. The van der Waals surface area contributed by atoms with Gasteiger partial charge >= 0.3 is 0 Å². The summed E-state index contributed by atoms with van der Waals surface area (Å²) in [5.41, 5.74) is 1.02. The number of carbonyl (C=O) groups is 2. The standard InChI is InChI=1S/C22H23FN4O3/c1-25(10-15-9-24-26(2)11-15)20(28)18-17-7-8-22(30-17)13-27(21(29)19(18)22)12-14-3-5-16(23)6-4-14/h3-9,11,17-19H,10,12-13H2,1-2H3/t17-,18?,19?,22-/m1/s1. The van der Waals surface area contributed by atoms with Crippen molar-refractivity contribution in [3.8, 4) is 0 Å². The van der Waals surface area contributed by atoms with Gasteiger partial charge in [0.25, 0.3) is 0 Å². The van der Waals surface area contributed by atoms with Gasteiger partial charge in [-0.15, -0.1) is 0 Å². The van der Waals surface area contributed by atoms with Crippen LogP contribution in [-0.4, -0.2) is 56.7 Å². The average Bonchev–Trinajstić information content (AvgIpc) is 3.45. The predicted molar refractivity (Wildman–Crippen MR) is 105 cm³/mol. The van der Waals surface area contributed by atoms with Crippen LogP contribution in [0.5, 0.6) is 0 Å². The molecular formula is C22H23FN4O3. The fourth-order valence-corrected chi connectivity index (χ4v) is 4.96. The first-order valence-electron chi connectivity index (χ1n) is 9.99. The van der Waals surface area contributed by atoms with E-state index < -0.39 is 17.4 Å². The molecule has 3 aliphatic heterocycles. The molecule has 30 heavy (non-hydrogen) atoms. The third-order valence-electron chi connectivity index (χ3n) is 6.30. The number of hydrogen-bond donors (Lipinski definition) is 0. The Labute approximate surface area is 173 Å². The molecule has 2 bridgehead atoms. The molecule has 3 aliphatic rings. The van der Waals surface area contributed by atoms with Gasteiger partial charge in [0.05, 0.1) is 30.7 Å². The minimum Gasteiger partial charge on any atom is -0.360 e. The zero-order valence-corrected chi connectivity index (χ0v) is 16.9. The van der Waals surface area contributed by atoms with Crippen LogP contribution in [0.1, 0.15) is 11.1 Å². The number of benzene rings is 1. The highest BCUT2D eigenvalue weighted by molar-refractivity contribution is 5.93. The zero-order chi connectivity index (χ0) is 21.0. The summed E-state index contributed by atoms with van der Waals surface area (Å²) in [5, 5.41) is 4.14. The van der Waals surface area contributed by atoms with Gasteiger partial charge in [-0.1, -0.05) is 24.3 Å². The van der Waals surface area contributed by atoms with E-state index in [9.17, 15) is 14.0 Å². The predicted octanol–water partition coefficient (Wildman–Crippen LogP) is 1.50. The van der Waals surface area contributed by atoms with E-state index in [0.717, 1.165) is 11.1 Å². The Bertz CT molecular complexity index is 1030. The number of carbonyl (C=O) groups excluding carboxylic acids is 2. The van der Waals surface area contributed by atoms with Gasteiger partial charge in [-0.25, -0.2) is 4.39 Å². The largest absolute Gasteiger partial charge is 0.360 e. The number of halogens is 1. The molecule has 1 aromatic carbocycles. The number of ether oxygens (including phenoxy) is 1. The first kappa shape index (κ1) is 19.0. The number of aryl methyl sites for hydroxylation is 1. The summed E-state index contributed by atoms with van der Waals surface area (Å²) in [6.45, 7) is 1.19. The zero-order valence-electron chi connectivity index (χ0n) is 16.9. The molecule has 2 aromatic rings. The SMILES string of the molecule is CN(Cc1cnn(C)c1)C(=O)C1C2C(=O)N(Cc3ccc(F)cc3)C[C@]23C=C[C@H]1O3. The topological polar surface area (TPSA) is 67.7 Å². The van der Waals surface area contributed by atoms with Crippen LogP contribution < -0.4 is 0 Å². The van der Waals surface area contributed by atoms with Gasteiger partial charge in [0.2, 0.25) is 11.8 Å². The molecule has 2 amide bonds. The molecule has 7 nitrogen and oxygen atoms in total. The second-order valence-corrected chi connectivity index (χ2v) is 8.44. The van der Waals surface area contributed by atoms with Crippen molar-refractivity contribution in [2.24, 2.45) is 18.9 Å². The van der Waals surface area contributed by atoms with Gasteiger partial charge in [0.1, 0.15) is 11.4 Å². The number of aromatic nitrogens is 2. The molecule has 0 N–H and O–H groups in total. The summed E-state index contributed by atoms with van der Waals surface area (Å²) in [6, 6.07) is 6.12. The van der Waals surface area contributed by atoms with E-state index in [1.165, 1.54) is 12.1 Å². The van der Waals surface area contributed by atoms with Crippen molar-refractivity contribution in [3.63, 3.8) is 0 Å². The molecule has 1 aromatic heterocycles. The van der Waals surface area contributed by atoms with Crippen LogP contribution in [0, 0.1) is 17.7 Å². The van der Waals surface area contributed by atoms with Crippen LogP contribution in [0.2, 0.25) is 0 Å². The second kappa shape index (κ2) is 6.77. The third kappa shape index (κ3) is 2.94. The summed E-state index contributed by atoms with van der Waals surface area (Å²) in [6.07, 6.45) is 7.07. The van der Waals surface area contributed by atoms with Crippen LogP contribution in [0.25, 0.3) is 0 Å². The Hall–Kier alpha value is -3.00. The van der Waals surface area contributed by atoms with Crippen molar-refractivity contribution >= 4 is 11.8 Å². The Balaban J connectivity index is 1.35. The highest BCUT2D eigenvalue weighted by Gasteiger charge is 2.67. The Morgan fingerprint density at radius 1 is 1.33 bits per heavy atom. The van der Waals surface area contributed by atoms with E-state index in [0.29, 0.717) is 19.6 Å². The molecule has 0 radical (unpaired) electrons. The van der Waals surface area contributed by atoms with E-state index in [1.807, 2.05) is 25.4 Å². The van der Waals surface area contributed by atoms with E-state index in [-0.39, 0.29) is 23.7 Å². The summed E-state index contributed by atoms with van der Waals surface area (Å²) in [5.74, 6) is -1.57. The number of likely N-dealkylation sites (tertiary alicyclic amines) is 1. The van der Waals surface area contributed by atoms with Gasteiger partial charge in [-0.2, -0.15) is 5.10 Å². The monoisotopic (exact) mass is 410 g/mol. The second-order valence-electron chi connectivity index (χ2n) is 8.44. The summed E-state index contributed by atoms with van der Waals surface area (Å²) in [4.78, 5) is 30.0. The third-order valence-corrected chi connectivity index (χ3v) is 6.30. The highest BCUT2D eigenvalue weighted by atomic mass is 19.1. The van der Waals surface area contributed by atoms with E-state index in [2.05, 4.69) is 5.10 Å². The number of amides is 2. The molecule has 4 heterocycles. The molecule has 8 heteroatoms. The summed E-state index contributed by atoms with van der Waals surface area (Å²) >= 11 is 0. The Morgan fingerprint density at radius 3 is 2.80 bits per heavy atom. The molecular weight excluding hydrogens is 387 g/mol. The lowest BCUT2D eigenvalue weighted by Crippen LogP contribution is -2.44. The molecule has 0 saturated carbocycles. The normalized spacial score (nSPS) is 29.0. The van der Waals surface area contributed by atoms with Crippen LogP contribution in [0.4, 0.5) is 4.39 Å². The molecule has 2 saturated heterocycles. The maximum Gasteiger partial charge on any atom is 0.230 e. The van der Waals surface area contributed by atoms with E-state index in [1.54, 1.807) is 39.9 Å². The molecule has 156 valence electrons. The van der Waals surface area contributed by atoms with Crippen LogP contribution in [0.15, 0.2) is 48.8 Å². The smallest absolute Gasteiger partial charge is 0.230 e. The van der Waals surface area contributed by atoms with Crippen molar-refractivity contribution < 1.29 is 18.7 Å². The minimum absolute atomic E-state index is 0.0840. The van der Waals surface area contributed by atoms with Crippen LogP contribution in [0.3, 0.4) is 0 Å². The highest BCUT2D eigenvalue weighted by Crippen LogP contribution is 2.52. The average molecular weight is 410 g/mol. The van der Waals surface area contributed by atoms with E-state index >= 15 is 0 Å². The van der Waals surface area contributed by atoms with Gasteiger partial charge < -0.3 is 14.5 Å². The molecule has 2 unspecified atom stereocenters. The quantitative estimate of drug-likeness (QED) is 0.701. The summed E-state index contributed by atoms with van der Waals surface area (Å²) in [7, 11) is 3.57. The maximum absolute atomic E-state index is 13.3. The molecule has 4 atom stereocenters. The number of nitrogens with zero attached hydrogens (tertiary/aromatic N) is 4. The van der Waals surface area contributed by atoms with Gasteiger partial charge in [-0.3, -0.25) is 14.3 Å². The van der Waals surface area contributed by atoms with Crippen molar-refractivity contribution in [2.75, 3.05) is 13.6 Å². The van der Waals surface area contributed by atoms with Crippen molar-refractivity contribution in [2.45, 2.75) is 24.8 Å². The van der Waals surface area contributed by atoms with E-state index in [4.69, 9.17) is 4.74 Å². The first-order valence-corrected chi connectivity index (χ1v) is 9.99. The van der Waals surface area contributed by atoms with Crippen molar-refractivity contribution in [1.82, 2.24) is 19.6 Å². The van der Waals surface area contributed by atoms with Gasteiger partial charge in [0.15, 0.2) is 0 Å². The van der Waals surface area contributed by atoms with Crippen molar-refractivity contribution in [3.05, 3.63) is 65.8 Å². The van der Waals surface area contributed by atoms with Crippen LogP contribution in [-0.2, 0) is 34.5 Å². The number of hydrogen-bond acceptors (Lipinski definition) is 4. The molecule has 2 fully saturated rings. The minimum atomic E-state index is -0.753. The summed E-state index contributed by atoms with van der Waals surface area (Å²) < 4.78 is 21.1. The number of rotatable bonds is 5. The van der Waals surface area contributed by atoms with Crippen molar-refractivity contribution in [1.29, 1.82) is 0 Å². The lowest BCUT2D eigenvalue weighted by molar-refractivity contribution is -0.142. The number of fused-ring (bicyclic) bond motifs is 1. The first-order chi connectivity index (χ1) is 14.4. The Morgan fingerprint density at radius 2 is 2.10 bits per heavy atom. The van der Waals surface area contributed by atoms with Crippen LogP contribution >= 0.6 is 0 Å². The fourth-order valence-electron chi connectivity index (χ4n) is 4.96. The molecule has 5 rings (SSSR count).